The highest BCUT2D eigenvalue weighted by Gasteiger charge is 2.17. The van der Waals surface area contributed by atoms with Crippen molar-refractivity contribution in [2.24, 2.45) is 5.16 Å². The molecule has 0 bridgehead atoms. The molecule has 0 saturated heterocycles. The van der Waals surface area contributed by atoms with Crippen molar-refractivity contribution in [2.75, 3.05) is 13.7 Å². The number of Topliss-reactive ketones (excluding diaryl/α,β-unsaturated/α-hetero) is 1. The third-order valence-corrected chi connectivity index (χ3v) is 1.61. The van der Waals surface area contributed by atoms with Crippen LogP contribution in [0.3, 0.4) is 0 Å². The molecule has 15 heavy (non-hydrogen) atoms. The Morgan fingerprint density at radius 1 is 1.27 bits per heavy atom. The number of carbonyl (C=O) groups is 2. The third kappa shape index (κ3) is 5.83. The van der Waals surface area contributed by atoms with E-state index in [0.29, 0.717) is 6.42 Å². The number of ether oxygens (including phenoxy) is 1. The zero-order valence-electron chi connectivity index (χ0n) is 9.41. The second kappa shape index (κ2) is 7.96. The molecule has 0 radical (unpaired) electrons. The van der Waals surface area contributed by atoms with Crippen LogP contribution in [-0.2, 0) is 19.2 Å². The van der Waals surface area contributed by atoms with E-state index in [4.69, 9.17) is 4.74 Å². The summed E-state index contributed by atoms with van der Waals surface area (Å²) in [6.07, 6.45) is 1.16. The number of oxime groups is 1. The first-order valence-corrected chi connectivity index (χ1v) is 4.94. The highest BCUT2D eigenvalue weighted by Crippen LogP contribution is 1.99. The van der Waals surface area contributed by atoms with Crippen molar-refractivity contribution >= 4 is 17.5 Å². The van der Waals surface area contributed by atoms with Crippen molar-refractivity contribution in [1.82, 2.24) is 0 Å². The Balaban J connectivity index is 4.34. The molecule has 86 valence electrons. The summed E-state index contributed by atoms with van der Waals surface area (Å²) in [6, 6.07) is 0. The number of carbonyl (C=O) groups excluding carboxylic acids is 2. The predicted octanol–water partition coefficient (Wildman–Crippen LogP) is 1.31. The zero-order chi connectivity index (χ0) is 11.7. The van der Waals surface area contributed by atoms with Crippen LogP contribution < -0.4 is 0 Å². The van der Waals surface area contributed by atoms with Crippen molar-refractivity contribution in [3.8, 4) is 0 Å². The molecule has 0 aliphatic rings. The predicted molar refractivity (Wildman–Crippen MR) is 55.6 cm³/mol. The lowest BCUT2D eigenvalue weighted by Gasteiger charge is -2.03. The number of rotatable bonds is 7. The Morgan fingerprint density at radius 3 is 2.40 bits per heavy atom. The van der Waals surface area contributed by atoms with Gasteiger partial charge in [0.05, 0.1) is 13.0 Å². The summed E-state index contributed by atoms with van der Waals surface area (Å²) in [7, 11) is 1.32. The number of ketones is 1. The highest BCUT2D eigenvalue weighted by atomic mass is 16.6. The second-order valence-corrected chi connectivity index (χ2v) is 2.91. The Kier molecular flexibility index (Phi) is 7.23. The fraction of sp³-hybridized carbons (Fsp3) is 0.700. The maximum absolute atomic E-state index is 11.3. The largest absolute Gasteiger partial charge is 0.461 e. The topological polar surface area (TPSA) is 65.0 Å². The van der Waals surface area contributed by atoms with Gasteiger partial charge < -0.3 is 9.57 Å². The first-order valence-electron chi connectivity index (χ1n) is 4.94. The van der Waals surface area contributed by atoms with E-state index in [1.54, 1.807) is 6.92 Å². The quantitative estimate of drug-likeness (QED) is 0.365. The van der Waals surface area contributed by atoms with Crippen molar-refractivity contribution in [3.05, 3.63) is 0 Å². The Hall–Kier alpha value is -1.39. The first kappa shape index (κ1) is 13.6. The average Bonchev–Trinajstić information content (AvgIpc) is 2.18. The summed E-state index contributed by atoms with van der Waals surface area (Å²) < 4.78 is 4.73. The molecule has 5 nitrogen and oxygen atoms in total. The summed E-state index contributed by atoms with van der Waals surface area (Å²) in [5, 5.41) is 3.49. The van der Waals surface area contributed by atoms with Gasteiger partial charge in [0, 0.05) is 6.42 Å². The monoisotopic (exact) mass is 215 g/mol. The van der Waals surface area contributed by atoms with E-state index in [1.807, 2.05) is 6.92 Å². The molecule has 0 amide bonds. The van der Waals surface area contributed by atoms with E-state index in [2.05, 4.69) is 9.99 Å². The van der Waals surface area contributed by atoms with E-state index in [9.17, 15) is 9.59 Å². The summed E-state index contributed by atoms with van der Waals surface area (Å²) in [6.45, 7) is 3.84. The number of esters is 1. The summed E-state index contributed by atoms with van der Waals surface area (Å²) in [5.41, 5.74) is 0.0257. The SMILES string of the molecule is CCCC(=O)CC(=NOC)C(=O)OCC. The Labute approximate surface area is 89.4 Å². The highest BCUT2D eigenvalue weighted by molar-refractivity contribution is 6.39. The lowest BCUT2D eigenvalue weighted by molar-refractivity contribution is -0.135. The fourth-order valence-corrected chi connectivity index (χ4v) is 1.02. The van der Waals surface area contributed by atoms with Crippen molar-refractivity contribution in [2.45, 2.75) is 33.1 Å². The van der Waals surface area contributed by atoms with Gasteiger partial charge in [0.1, 0.15) is 12.9 Å². The van der Waals surface area contributed by atoms with E-state index in [1.165, 1.54) is 7.11 Å². The van der Waals surface area contributed by atoms with Crippen LogP contribution >= 0.6 is 0 Å². The van der Waals surface area contributed by atoms with Crippen LogP contribution in [0.4, 0.5) is 0 Å². The first-order chi connectivity index (χ1) is 7.15. The summed E-state index contributed by atoms with van der Waals surface area (Å²) in [4.78, 5) is 27.1. The maximum Gasteiger partial charge on any atom is 0.356 e. The van der Waals surface area contributed by atoms with Gasteiger partial charge in [-0.05, 0) is 13.3 Å². The normalized spacial score (nSPS) is 11.0. The van der Waals surface area contributed by atoms with Gasteiger partial charge in [-0.3, -0.25) is 4.79 Å². The smallest absolute Gasteiger partial charge is 0.356 e. The molecule has 0 heterocycles. The Morgan fingerprint density at radius 2 is 1.93 bits per heavy atom. The fourth-order valence-electron chi connectivity index (χ4n) is 1.02. The van der Waals surface area contributed by atoms with Gasteiger partial charge in [-0.15, -0.1) is 0 Å². The number of nitrogens with zero attached hydrogens (tertiary/aromatic N) is 1. The molecule has 0 saturated carbocycles. The summed E-state index contributed by atoms with van der Waals surface area (Å²) >= 11 is 0. The lowest BCUT2D eigenvalue weighted by Crippen LogP contribution is -2.21. The van der Waals surface area contributed by atoms with Gasteiger partial charge in [-0.2, -0.15) is 0 Å². The van der Waals surface area contributed by atoms with Crippen LogP contribution in [-0.4, -0.2) is 31.2 Å². The number of hydrogen-bond donors (Lipinski definition) is 0. The molecule has 0 aliphatic heterocycles. The second-order valence-electron chi connectivity index (χ2n) is 2.91. The van der Waals surface area contributed by atoms with E-state index in [-0.39, 0.29) is 24.5 Å². The van der Waals surface area contributed by atoms with Gasteiger partial charge >= 0.3 is 5.97 Å². The van der Waals surface area contributed by atoms with Crippen LogP contribution in [0.5, 0.6) is 0 Å². The molecule has 0 atom stereocenters. The van der Waals surface area contributed by atoms with Crippen LogP contribution in [0.25, 0.3) is 0 Å². The van der Waals surface area contributed by atoms with Crippen LogP contribution in [0.15, 0.2) is 5.16 Å². The minimum absolute atomic E-state index is 0.0257. The third-order valence-electron chi connectivity index (χ3n) is 1.61. The molecular weight excluding hydrogens is 198 g/mol. The van der Waals surface area contributed by atoms with E-state index >= 15 is 0 Å². The lowest BCUT2D eigenvalue weighted by atomic mass is 10.1. The Bertz CT molecular complexity index is 248. The van der Waals surface area contributed by atoms with Crippen molar-refractivity contribution in [3.63, 3.8) is 0 Å². The van der Waals surface area contributed by atoms with Gasteiger partial charge in [-0.1, -0.05) is 12.1 Å². The molecule has 0 fully saturated rings. The standard InChI is InChI=1S/C10H17NO4/c1-4-6-8(12)7-9(11-14-3)10(13)15-5-2/h4-7H2,1-3H3. The maximum atomic E-state index is 11.3. The zero-order valence-corrected chi connectivity index (χ0v) is 9.41. The van der Waals surface area contributed by atoms with Gasteiger partial charge in [0.25, 0.3) is 0 Å². The molecule has 0 aliphatic carbocycles. The van der Waals surface area contributed by atoms with Gasteiger partial charge in [0.15, 0.2) is 5.71 Å². The average molecular weight is 215 g/mol. The molecule has 0 rings (SSSR count). The van der Waals surface area contributed by atoms with Crippen LogP contribution in [0.2, 0.25) is 0 Å². The van der Waals surface area contributed by atoms with E-state index < -0.39 is 5.97 Å². The number of hydrogen-bond acceptors (Lipinski definition) is 5. The van der Waals surface area contributed by atoms with Crippen LogP contribution in [0, 0.1) is 0 Å². The van der Waals surface area contributed by atoms with Gasteiger partial charge in [0.2, 0.25) is 0 Å². The van der Waals surface area contributed by atoms with E-state index in [0.717, 1.165) is 6.42 Å². The molecule has 0 spiro atoms. The van der Waals surface area contributed by atoms with Crippen molar-refractivity contribution in [1.29, 1.82) is 0 Å². The molecule has 0 aromatic heterocycles. The van der Waals surface area contributed by atoms with Crippen molar-refractivity contribution < 1.29 is 19.2 Å². The molecule has 0 unspecified atom stereocenters. The minimum Gasteiger partial charge on any atom is -0.461 e. The molecule has 0 aromatic carbocycles. The van der Waals surface area contributed by atoms with Gasteiger partial charge in [-0.25, -0.2) is 4.79 Å². The van der Waals surface area contributed by atoms with Crippen LogP contribution in [0.1, 0.15) is 33.1 Å². The minimum atomic E-state index is -0.594. The molecule has 0 aromatic rings. The summed E-state index contributed by atoms with van der Waals surface area (Å²) in [5.74, 6) is -0.634. The molecule has 5 heteroatoms. The molecular formula is C10H17NO4. The molecule has 0 N–H and O–H groups in total.